The van der Waals surface area contributed by atoms with E-state index in [0.29, 0.717) is 10.7 Å². The minimum absolute atomic E-state index is 0.0492. The molecule has 1 aromatic rings. The van der Waals surface area contributed by atoms with Crippen molar-refractivity contribution in [2.75, 3.05) is 31.2 Å². The number of sulfone groups is 1. The van der Waals surface area contributed by atoms with Crippen molar-refractivity contribution in [1.82, 2.24) is 4.90 Å². The van der Waals surface area contributed by atoms with Gasteiger partial charge in [0.1, 0.15) is 0 Å². The van der Waals surface area contributed by atoms with Crippen LogP contribution in [0.2, 0.25) is 5.02 Å². The standard InChI is InChI=1S/C16H24ClN3O3S/c1-16(2)10-20(7-6-14(16)18)9-15(21)19-13-8-11(24(3,22)23)4-5-12(13)17/h4-5,8,14H,6-7,9-10,18H2,1-3H3,(H,19,21). The van der Waals surface area contributed by atoms with Gasteiger partial charge in [0.25, 0.3) is 0 Å². The first-order chi connectivity index (χ1) is 11.0. The van der Waals surface area contributed by atoms with Crippen LogP contribution in [0.5, 0.6) is 0 Å². The van der Waals surface area contributed by atoms with Crippen molar-refractivity contribution in [3.05, 3.63) is 23.2 Å². The Balaban J connectivity index is 2.05. The molecule has 0 aliphatic carbocycles. The number of nitrogens with one attached hydrogen (secondary N) is 1. The number of amides is 1. The topological polar surface area (TPSA) is 92.5 Å². The number of piperidine rings is 1. The van der Waals surface area contributed by atoms with E-state index in [2.05, 4.69) is 19.2 Å². The minimum atomic E-state index is -3.36. The molecule has 1 heterocycles. The number of carbonyl (C=O) groups is 1. The Hall–Kier alpha value is -1.15. The van der Waals surface area contributed by atoms with Crippen LogP contribution in [0.3, 0.4) is 0 Å². The monoisotopic (exact) mass is 373 g/mol. The number of halogens is 1. The molecule has 0 saturated carbocycles. The summed E-state index contributed by atoms with van der Waals surface area (Å²) in [6, 6.07) is 4.39. The normalized spacial score (nSPS) is 21.5. The van der Waals surface area contributed by atoms with Gasteiger partial charge in [0.05, 0.1) is 22.2 Å². The fraction of sp³-hybridized carbons (Fsp3) is 0.562. The van der Waals surface area contributed by atoms with Gasteiger partial charge in [-0.05, 0) is 30.0 Å². The van der Waals surface area contributed by atoms with Crippen LogP contribution in [-0.4, -0.2) is 51.2 Å². The molecular formula is C16H24ClN3O3S. The Morgan fingerprint density at radius 1 is 1.46 bits per heavy atom. The largest absolute Gasteiger partial charge is 0.327 e. The third-order valence-electron chi connectivity index (χ3n) is 4.40. The van der Waals surface area contributed by atoms with Gasteiger partial charge in [0, 0.05) is 25.4 Å². The maximum atomic E-state index is 12.3. The average Bonchev–Trinajstić information content (AvgIpc) is 2.43. The summed E-state index contributed by atoms with van der Waals surface area (Å²) < 4.78 is 23.3. The SMILES string of the molecule is CC1(C)CN(CC(=O)Nc2cc(S(C)(=O)=O)ccc2Cl)CCC1N. The van der Waals surface area contributed by atoms with E-state index >= 15 is 0 Å². The van der Waals surface area contributed by atoms with Crippen LogP contribution >= 0.6 is 11.6 Å². The molecule has 1 aromatic carbocycles. The zero-order valence-electron chi connectivity index (χ0n) is 14.2. The highest BCUT2D eigenvalue weighted by atomic mass is 35.5. The van der Waals surface area contributed by atoms with Gasteiger partial charge in [-0.25, -0.2) is 8.42 Å². The number of likely N-dealkylation sites (tertiary alicyclic amines) is 1. The number of anilines is 1. The van der Waals surface area contributed by atoms with Gasteiger partial charge in [-0.2, -0.15) is 0 Å². The van der Waals surface area contributed by atoms with E-state index in [1.54, 1.807) is 0 Å². The van der Waals surface area contributed by atoms with E-state index in [1.165, 1.54) is 18.2 Å². The Morgan fingerprint density at radius 3 is 2.71 bits per heavy atom. The Kier molecular flexibility index (Phi) is 5.59. The molecule has 0 aromatic heterocycles. The van der Waals surface area contributed by atoms with Gasteiger partial charge in [-0.15, -0.1) is 0 Å². The number of rotatable bonds is 4. The Labute approximate surface area is 148 Å². The van der Waals surface area contributed by atoms with E-state index in [4.69, 9.17) is 17.3 Å². The lowest BCUT2D eigenvalue weighted by Gasteiger charge is -2.42. The molecule has 1 aliphatic heterocycles. The lowest BCUT2D eigenvalue weighted by molar-refractivity contribution is -0.118. The summed E-state index contributed by atoms with van der Waals surface area (Å²) in [7, 11) is -3.36. The molecule has 3 N–H and O–H groups in total. The fourth-order valence-electron chi connectivity index (χ4n) is 2.84. The van der Waals surface area contributed by atoms with Crippen LogP contribution in [0, 0.1) is 5.41 Å². The summed E-state index contributed by atoms with van der Waals surface area (Å²) in [6.07, 6.45) is 1.95. The maximum Gasteiger partial charge on any atom is 0.238 e. The van der Waals surface area contributed by atoms with Crippen LogP contribution < -0.4 is 11.1 Å². The molecule has 0 bridgehead atoms. The van der Waals surface area contributed by atoms with Gasteiger partial charge < -0.3 is 11.1 Å². The summed E-state index contributed by atoms with van der Waals surface area (Å²) in [4.78, 5) is 14.5. The summed E-state index contributed by atoms with van der Waals surface area (Å²) in [5.74, 6) is -0.228. The quantitative estimate of drug-likeness (QED) is 0.838. The molecule has 2 rings (SSSR count). The van der Waals surface area contributed by atoms with Gasteiger partial charge in [-0.1, -0.05) is 25.4 Å². The predicted molar refractivity (Wildman–Crippen MR) is 96.0 cm³/mol. The second-order valence-electron chi connectivity index (χ2n) is 7.06. The van der Waals surface area contributed by atoms with Crippen LogP contribution in [0.1, 0.15) is 20.3 Å². The molecule has 134 valence electrons. The number of nitrogens with zero attached hydrogens (tertiary/aromatic N) is 1. The molecule has 0 spiro atoms. The second kappa shape index (κ2) is 7.00. The zero-order valence-corrected chi connectivity index (χ0v) is 15.7. The molecule has 6 nitrogen and oxygen atoms in total. The first-order valence-electron chi connectivity index (χ1n) is 7.76. The highest BCUT2D eigenvalue weighted by Gasteiger charge is 2.33. The first-order valence-corrected chi connectivity index (χ1v) is 10.0. The van der Waals surface area contributed by atoms with Crippen LogP contribution in [0.15, 0.2) is 23.1 Å². The molecule has 1 saturated heterocycles. The van der Waals surface area contributed by atoms with Crippen molar-refractivity contribution in [1.29, 1.82) is 0 Å². The fourth-order valence-corrected chi connectivity index (χ4v) is 3.66. The third kappa shape index (κ3) is 4.69. The van der Waals surface area contributed by atoms with E-state index in [0.717, 1.165) is 25.8 Å². The Morgan fingerprint density at radius 2 is 2.12 bits per heavy atom. The van der Waals surface area contributed by atoms with Gasteiger partial charge in [0.15, 0.2) is 9.84 Å². The van der Waals surface area contributed by atoms with Crippen LogP contribution in [-0.2, 0) is 14.6 Å². The van der Waals surface area contributed by atoms with Gasteiger partial charge in [-0.3, -0.25) is 9.69 Å². The van der Waals surface area contributed by atoms with Crippen molar-refractivity contribution in [2.45, 2.75) is 31.2 Å². The molecule has 1 fully saturated rings. The third-order valence-corrected chi connectivity index (χ3v) is 5.84. The summed E-state index contributed by atoms with van der Waals surface area (Å²) >= 11 is 6.06. The van der Waals surface area contributed by atoms with Gasteiger partial charge >= 0.3 is 0 Å². The average molecular weight is 374 g/mol. The van der Waals surface area contributed by atoms with Crippen molar-refractivity contribution in [3.63, 3.8) is 0 Å². The summed E-state index contributed by atoms with van der Waals surface area (Å²) in [5, 5.41) is 3.00. The van der Waals surface area contributed by atoms with E-state index < -0.39 is 9.84 Å². The molecule has 1 aliphatic rings. The van der Waals surface area contributed by atoms with E-state index in [-0.39, 0.29) is 28.8 Å². The van der Waals surface area contributed by atoms with Crippen molar-refractivity contribution in [2.24, 2.45) is 11.1 Å². The van der Waals surface area contributed by atoms with Crippen molar-refractivity contribution in [3.8, 4) is 0 Å². The van der Waals surface area contributed by atoms with Crippen molar-refractivity contribution >= 4 is 33.0 Å². The number of nitrogens with two attached hydrogens (primary N) is 1. The minimum Gasteiger partial charge on any atom is -0.327 e. The Bertz CT molecular complexity index is 734. The van der Waals surface area contributed by atoms with Crippen molar-refractivity contribution < 1.29 is 13.2 Å². The molecule has 0 radical (unpaired) electrons. The number of benzene rings is 1. The lowest BCUT2D eigenvalue weighted by atomic mass is 9.80. The van der Waals surface area contributed by atoms with Crippen LogP contribution in [0.25, 0.3) is 0 Å². The van der Waals surface area contributed by atoms with E-state index in [1.807, 2.05) is 4.90 Å². The zero-order chi connectivity index (χ0) is 18.1. The number of hydrogen-bond donors (Lipinski definition) is 2. The summed E-state index contributed by atoms with van der Waals surface area (Å²) in [5.41, 5.74) is 6.36. The van der Waals surface area contributed by atoms with Gasteiger partial charge in [0.2, 0.25) is 5.91 Å². The molecule has 8 heteroatoms. The molecule has 24 heavy (non-hydrogen) atoms. The number of hydrogen-bond acceptors (Lipinski definition) is 5. The molecule has 1 atom stereocenters. The van der Waals surface area contributed by atoms with E-state index in [9.17, 15) is 13.2 Å². The van der Waals surface area contributed by atoms with Crippen LogP contribution in [0.4, 0.5) is 5.69 Å². The summed E-state index contributed by atoms with van der Waals surface area (Å²) in [6.45, 7) is 5.89. The lowest BCUT2D eigenvalue weighted by Crippen LogP contribution is -2.53. The number of carbonyl (C=O) groups excluding carboxylic acids is 1. The highest BCUT2D eigenvalue weighted by molar-refractivity contribution is 7.90. The molecule has 1 unspecified atom stereocenters. The second-order valence-corrected chi connectivity index (χ2v) is 9.48. The maximum absolute atomic E-state index is 12.3. The molecule has 1 amide bonds. The first kappa shape index (κ1) is 19.2. The smallest absolute Gasteiger partial charge is 0.238 e. The predicted octanol–water partition coefficient (Wildman–Crippen LogP) is 1.74. The highest BCUT2D eigenvalue weighted by Crippen LogP contribution is 2.28. The molecular weight excluding hydrogens is 350 g/mol.